The monoisotopic (exact) mass is 495 g/mol. The summed E-state index contributed by atoms with van der Waals surface area (Å²) in [5, 5.41) is 22.2. The molecule has 0 saturated heterocycles. The van der Waals surface area contributed by atoms with Crippen molar-refractivity contribution in [3.63, 3.8) is 0 Å². The number of benzene rings is 3. The second-order valence-electron chi connectivity index (χ2n) is 8.74. The van der Waals surface area contributed by atoms with E-state index in [-0.39, 0.29) is 28.8 Å². The van der Waals surface area contributed by atoms with Crippen molar-refractivity contribution in [1.82, 2.24) is 0 Å². The van der Waals surface area contributed by atoms with Crippen molar-refractivity contribution >= 4 is 28.3 Å². The van der Waals surface area contributed by atoms with E-state index in [2.05, 4.69) is 0 Å². The molecule has 0 bridgehead atoms. The van der Waals surface area contributed by atoms with E-state index >= 15 is 4.39 Å². The summed E-state index contributed by atoms with van der Waals surface area (Å²) in [6, 6.07) is 11.3. The normalized spacial score (nSPS) is 15.8. The molecule has 2 N–H and O–H groups in total. The molecule has 3 aromatic carbocycles. The van der Waals surface area contributed by atoms with Crippen LogP contribution >= 0.6 is 0 Å². The molecule has 2 unspecified atom stereocenters. The number of carboxylic acid groups (broad SMARTS) is 1. The fraction of sp³-hybridized carbons (Fsp3) is 0.357. The number of rotatable bonds is 10. The third kappa shape index (κ3) is 4.26. The summed E-state index contributed by atoms with van der Waals surface area (Å²) in [5.41, 5.74) is 0.594. The van der Waals surface area contributed by atoms with Gasteiger partial charge in [-0.1, -0.05) is 51.1 Å². The Hall–Kier alpha value is -3.65. The van der Waals surface area contributed by atoms with Crippen LogP contribution in [0.5, 0.6) is 11.5 Å². The minimum atomic E-state index is -1.44. The SMILES string of the molecule is CCCOc1c2c(c(OCCC)c3ccccc13)C(O)N(c1ccc(C(CC)C(=O)O)c(F)c1)C2=O. The second kappa shape index (κ2) is 10.5. The van der Waals surface area contributed by atoms with Gasteiger partial charge < -0.3 is 19.7 Å². The molecule has 1 amide bonds. The van der Waals surface area contributed by atoms with Crippen LogP contribution in [0.2, 0.25) is 0 Å². The molecule has 4 rings (SSSR count). The molecule has 36 heavy (non-hydrogen) atoms. The van der Waals surface area contributed by atoms with Gasteiger partial charge >= 0.3 is 5.97 Å². The van der Waals surface area contributed by atoms with Crippen LogP contribution in [0.4, 0.5) is 10.1 Å². The maximum Gasteiger partial charge on any atom is 0.311 e. The van der Waals surface area contributed by atoms with E-state index in [4.69, 9.17) is 9.47 Å². The molecule has 8 heteroatoms. The summed E-state index contributed by atoms with van der Waals surface area (Å²) >= 11 is 0. The number of hydrogen-bond acceptors (Lipinski definition) is 5. The summed E-state index contributed by atoms with van der Waals surface area (Å²) in [6.45, 7) is 6.32. The Morgan fingerprint density at radius 2 is 1.64 bits per heavy atom. The van der Waals surface area contributed by atoms with Crippen LogP contribution in [0.25, 0.3) is 10.8 Å². The van der Waals surface area contributed by atoms with Crippen LogP contribution in [-0.4, -0.2) is 35.3 Å². The first-order valence-electron chi connectivity index (χ1n) is 12.2. The third-order valence-electron chi connectivity index (χ3n) is 6.34. The van der Waals surface area contributed by atoms with E-state index in [1.165, 1.54) is 12.1 Å². The van der Waals surface area contributed by atoms with Gasteiger partial charge in [0.2, 0.25) is 0 Å². The fourth-order valence-electron chi connectivity index (χ4n) is 4.66. The molecule has 1 aliphatic heterocycles. The largest absolute Gasteiger partial charge is 0.492 e. The highest BCUT2D eigenvalue weighted by atomic mass is 19.1. The van der Waals surface area contributed by atoms with Gasteiger partial charge in [0.1, 0.15) is 17.3 Å². The number of aliphatic carboxylic acids is 1. The van der Waals surface area contributed by atoms with Crippen LogP contribution in [0.3, 0.4) is 0 Å². The van der Waals surface area contributed by atoms with E-state index in [1.54, 1.807) is 6.92 Å². The van der Waals surface area contributed by atoms with Gasteiger partial charge in [-0.15, -0.1) is 0 Å². The number of nitrogens with zero attached hydrogens (tertiary/aromatic N) is 1. The zero-order valence-electron chi connectivity index (χ0n) is 20.6. The molecule has 1 aliphatic rings. The first-order valence-corrected chi connectivity index (χ1v) is 12.2. The van der Waals surface area contributed by atoms with Gasteiger partial charge in [0, 0.05) is 22.0 Å². The number of halogens is 1. The van der Waals surface area contributed by atoms with Crippen molar-refractivity contribution < 1.29 is 33.7 Å². The first-order chi connectivity index (χ1) is 17.3. The molecule has 0 spiro atoms. The molecule has 3 aromatic rings. The van der Waals surface area contributed by atoms with Crippen LogP contribution in [0, 0.1) is 5.82 Å². The second-order valence-corrected chi connectivity index (χ2v) is 8.74. The summed E-state index contributed by atoms with van der Waals surface area (Å²) in [4.78, 5) is 26.4. The van der Waals surface area contributed by atoms with E-state index in [0.717, 1.165) is 17.4 Å². The van der Waals surface area contributed by atoms with E-state index in [9.17, 15) is 19.8 Å². The van der Waals surface area contributed by atoms with Gasteiger partial charge in [-0.2, -0.15) is 0 Å². The smallest absolute Gasteiger partial charge is 0.311 e. The number of carbonyl (C=O) groups excluding carboxylic acids is 1. The van der Waals surface area contributed by atoms with Gasteiger partial charge in [0.25, 0.3) is 5.91 Å². The van der Waals surface area contributed by atoms with Gasteiger partial charge in [-0.25, -0.2) is 4.39 Å². The highest BCUT2D eigenvalue weighted by Gasteiger charge is 2.43. The maximum absolute atomic E-state index is 15.1. The lowest BCUT2D eigenvalue weighted by atomic mass is 9.96. The number of aliphatic hydroxyl groups excluding tert-OH is 1. The Balaban J connectivity index is 1.89. The average molecular weight is 496 g/mol. The Morgan fingerprint density at radius 3 is 2.19 bits per heavy atom. The fourth-order valence-corrected chi connectivity index (χ4v) is 4.66. The van der Waals surface area contributed by atoms with Crippen molar-refractivity contribution in [2.45, 2.75) is 52.2 Å². The molecule has 0 radical (unpaired) electrons. The minimum absolute atomic E-state index is 0.0251. The predicted octanol–water partition coefficient (Wildman–Crippen LogP) is 5.79. The zero-order chi connectivity index (χ0) is 26.0. The lowest BCUT2D eigenvalue weighted by Crippen LogP contribution is -2.28. The van der Waals surface area contributed by atoms with E-state index in [1.807, 2.05) is 38.1 Å². The van der Waals surface area contributed by atoms with Gasteiger partial charge in [0.15, 0.2) is 6.23 Å². The summed E-state index contributed by atoms with van der Waals surface area (Å²) < 4.78 is 27.2. The minimum Gasteiger partial charge on any atom is -0.492 e. The van der Waals surface area contributed by atoms with Gasteiger partial charge in [-0.3, -0.25) is 14.5 Å². The molecule has 1 heterocycles. The standard InChI is InChI=1S/C28H30FNO6/c1-4-13-35-24-19-9-7-8-10-20(19)25(36-14-5-2)23-22(24)26(31)30(27(23)32)16-11-12-18(21(29)15-16)17(6-3)28(33)34/h7-12,15,17,26,31H,4-6,13-14H2,1-3H3,(H,33,34). The average Bonchev–Trinajstić information content (AvgIpc) is 3.12. The number of hydrogen-bond donors (Lipinski definition) is 2. The van der Waals surface area contributed by atoms with Crippen molar-refractivity contribution in [1.29, 1.82) is 0 Å². The Bertz CT molecular complexity index is 1310. The molecule has 190 valence electrons. The number of amides is 1. The number of aliphatic hydroxyl groups is 1. The van der Waals surface area contributed by atoms with Crippen molar-refractivity contribution in [3.05, 3.63) is 65.0 Å². The molecular weight excluding hydrogens is 465 g/mol. The van der Waals surface area contributed by atoms with Crippen LogP contribution in [0.1, 0.15) is 73.7 Å². The Kier molecular flexibility index (Phi) is 7.45. The van der Waals surface area contributed by atoms with Crippen molar-refractivity contribution in [3.8, 4) is 11.5 Å². The molecule has 0 saturated carbocycles. The number of carbonyl (C=O) groups is 2. The summed E-state index contributed by atoms with van der Waals surface area (Å²) in [7, 11) is 0. The first kappa shape index (κ1) is 25.4. The number of ether oxygens (including phenoxy) is 2. The number of anilines is 1. The molecule has 0 aliphatic carbocycles. The Morgan fingerprint density at radius 1 is 1.03 bits per heavy atom. The van der Waals surface area contributed by atoms with Crippen molar-refractivity contribution in [2.75, 3.05) is 18.1 Å². The Labute approximate surface area is 209 Å². The molecule has 7 nitrogen and oxygen atoms in total. The topological polar surface area (TPSA) is 96.3 Å². The van der Waals surface area contributed by atoms with E-state index in [0.29, 0.717) is 41.9 Å². The lowest BCUT2D eigenvalue weighted by molar-refractivity contribution is -0.138. The summed E-state index contributed by atoms with van der Waals surface area (Å²) in [6.07, 6.45) is 0.205. The molecule has 0 aromatic heterocycles. The third-order valence-corrected chi connectivity index (χ3v) is 6.34. The molecule has 2 atom stereocenters. The summed E-state index contributed by atoms with van der Waals surface area (Å²) in [5.74, 6) is -2.70. The highest BCUT2D eigenvalue weighted by molar-refractivity contribution is 6.17. The highest BCUT2D eigenvalue weighted by Crippen LogP contribution is 2.50. The molecular formula is C28H30FNO6. The zero-order valence-corrected chi connectivity index (χ0v) is 20.6. The van der Waals surface area contributed by atoms with Crippen LogP contribution < -0.4 is 14.4 Å². The van der Waals surface area contributed by atoms with Crippen LogP contribution in [-0.2, 0) is 4.79 Å². The lowest BCUT2D eigenvalue weighted by Gasteiger charge is -2.23. The number of carboxylic acids is 1. The maximum atomic E-state index is 15.1. The van der Waals surface area contributed by atoms with Crippen LogP contribution in [0.15, 0.2) is 42.5 Å². The van der Waals surface area contributed by atoms with E-state index < -0.39 is 29.8 Å². The van der Waals surface area contributed by atoms with Gasteiger partial charge in [0.05, 0.1) is 30.3 Å². The number of fused-ring (bicyclic) bond motifs is 2. The van der Waals surface area contributed by atoms with Crippen molar-refractivity contribution in [2.24, 2.45) is 0 Å². The predicted molar refractivity (Wildman–Crippen MR) is 134 cm³/mol. The molecule has 0 fully saturated rings. The quantitative estimate of drug-likeness (QED) is 0.370. The van der Waals surface area contributed by atoms with Gasteiger partial charge in [-0.05, 0) is 31.4 Å².